The fraction of sp³-hybridized carbons (Fsp3) is 0.286. The molecule has 3 heterocycles. The molecule has 3 aliphatic rings. The van der Waals surface area contributed by atoms with E-state index >= 15 is 0 Å². The van der Waals surface area contributed by atoms with Crippen LogP contribution >= 0.6 is 0 Å². The highest BCUT2D eigenvalue weighted by molar-refractivity contribution is 6.09. The minimum atomic E-state index is -1.66. The van der Waals surface area contributed by atoms with E-state index in [1.807, 2.05) is 6.08 Å². The van der Waals surface area contributed by atoms with Gasteiger partial charge in [0.25, 0.3) is 5.79 Å². The Bertz CT molecular complexity index is 1030. The number of Topliss-reactive ketones (excluding diaryl/α,β-unsaturated/α-hetero) is 1. The third-order valence-electron chi connectivity index (χ3n) is 5.51. The maximum Gasteiger partial charge on any atom is 0.278 e. The van der Waals surface area contributed by atoms with E-state index < -0.39 is 17.2 Å². The van der Waals surface area contributed by atoms with Crippen LogP contribution in [0.5, 0.6) is 17.2 Å². The van der Waals surface area contributed by atoms with Gasteiger partial charge in [-0.3, -0.25) is 4.79 Å². The fourth-order valence-electron chi connectivity index (χ4n) is 4.15. The van der Waals surface area contributed by atoms with E-state index in [-0.39, 0.29) is 30.5 Å². The molecule has 2 atom stereocenters. The normalized spacial score (nSPS) is 27.5. The van der Waals surface area contributed by atoms with E-state index in [9.17, 15) is 9.18 Å². The van der Waals surface area contributed by atoms with Crippen LogP contribution in [0.4, 0.5) is 4.39 Å². The first kappa shape index (κ1) is 17.2. The molecule has 1 spiro atoms. The molecule has 0 aliphatic carbocycles. The highest BCUT2D eigenvalue weighted by Crippen LogP contribution is 2.54. The molecule has 2 unspecified atom stereocenters. The number of benzene rings is 2. The third-order valence-corrected chi connectivity index (χ3v) is 5.51. The van der Waals surface area contributed by atoms with Gasteiger partial charge in [-0.25, -0.2) is 4.39 Å². The molecule has 0 saturated heterocycles. The van der Waals surface area contributed by atoms with Gasteiger partial charge in [-0.15, -0.1) is 0 Å². The Kier molecular flexibility index (Phi) is 3.56. The van der Waals surface area contributed by atoms with E-state index in [1.54, 1.807) is 25.1 Å². The van der Waals surface area contributed by atoms with Crippen molar-refractivity contribution in [2.45, 2.75) is 18.3 Å². The summed E-state index contributed by atoms with van der Waals surface area (Å²) in [5, 5.41) is 0. The Morgan fingerprint density at radius 3 is 2.64 bits per heavy atom. The molecule has 0 amide bonds. The average Bonchev–Trinajstić information content (AvgIpc) is 3.31. The number of rotatable bonds is 2. The van der Waals surface area contributed by atoms with Gasteiger partial charge < -0.3 is 23.7 Å². The van der Waals surface area contributed by atoms with E-state index in [0.717, 1.165) is 0 Å². The summed E-state index contributed by atoms with van der Waals surface area (Å²) in [6.45, 7) is 2.13. The molecule has 0 fully saturated rings. The lowest BCUT2D eigenvalue weighted by Gasteiger charge is -2.49. The molecule has 0 bridgehead atoms. The van der Waals surface area contributed by atoms with Gasteiger partial charge in [-0.1, -0.05) is 6.08 Å². The van der Waals surface area contributed by atoms with Gasteiger partial charge in [0.1, 0.15) is 11.6 Å². The first-order chi connectivity index (χ1) is 13.5. The summed E-state index contributed by atoms with van der Waals surface area (Å²) >= 11 is 0. The molecular weight excluding hydrogens is 367 g/mol. The van der Waals surface area contributed by atoms with Gasteiger partial charge in [0.2, 0.25) is 18.2 Å². The molecule has 0 N–H and O–H groups in total. The van der Waals surface area contributed by atoms with Crippen molar-refractivity contribution in [3.05, 3.63) is 65.0 Å². The minimum Gasteiger partial charge on any atom is -0.454 e. The van der Waals surface area contributed by atoms with Crippen molar-refractivity contribution in [1.29, 1.82) is 0 Å². The largest absolute Gasteiger partial charge is 0.454 e. The number of methoxy groups -OCH3 is 1. The predicted molar refractivity (Wildman–Crippen MR) is 95.1 cm³/mol. The zero-order chi connectivity index (χ0) is 19.5. The summed E-state index contributed by atoms with van der Waals surface area (Å²) in [5.41, 5.74) is -0.145. The van der Waals surface area contributed by atoms with E-state index in [4.69, 9.17) is 23.7 Å². The second-order valence-electron chi connectivity index (χ2n) is 6.84. The van der Waals surface area contributed by atoms with Crippen LogP contribution in [0.25, 0.3) is 0 Å². The van der Waals surface area contributed by atoms with Crippen molar-refractivity contribution < 1.29 is 32.9 Å². The molecule has 2 aromatic rings. The molecule has 0 aromatic heterocycles. The summed E-state index contributed by atoms with van der Waals surface area (Å²) in [4.78, 5) is 13.6. The Labute approximate surface area is 160 Å². The topological polar surface area (TPSA) is 63.2 Å². The predicted octanol–water partition coefficient (Wildman–Crippen LogP) is 3.34. The number of hydrogen-bond donors (Lipinski definition) is 0. The van der Waals surface area contributed by atoms with Crippen molar-refractivity contribution in [3.8, 4) is 17.2 Å². The van der Waals surface area contributed by atoms with Crippen LogP contribution in [0, 0.1) is 5.82 Å². The summed E-state index contributed by atoms with van der Waals surface area (Å²) in [5.74, 6) is -1.35. The van der Waals surface area contributed by atoms with Crippen LogP contribution in [0.15, 0.2) is 48.0 Å². The molecule has 7 heteroatoms. The molecule has 0 saturated carbocycles. The molecule has 28 heavy (non-hydrogen) atoms. The van der Waals surface area contributed by atoms with Crippen molar-refractivity contribution in [2.24, 2.45) is 0 Å². The summed E-state index contributed by atoms with van der Waals surface area (Å²) in [6, 6.07) is 8.94. The van der Waals surface area contributed by atoms with Crippen molar-refractivity contribution in [1.82, 2.24) is 0 Å². The van der Waals surface area contributed by atoms with Crippen molar-refractivity contribution >= 4 is 5.78 Å². The Morgan fingerprint density at radius 2 is 1.89 bits per heavy atom. The van der Waals surface area contributed by atoms with Gasteiger partial charge in [-0.2, -0.15) is 0 Å². The SMILES string of the molecule is COC1(c2ccc3c(c2)OCO3)Oc2cc(F)ccc2C(=O)C12OCC=C2C. The summed E-state index contributed by atoms with van der Waals surface area (Å²) in [6.07, 6.45) is 1.82. The van der Waals surface area contributed by atoms with Crippen LogP contribution in [-0.4, -0.2) is 31.9 Å². The number of hydrogen-bond acceptors (Lipinski definition) is 6. The molecule has 5 rings (SSSR count). The minimum absolute atomic E-state index is 0.0958. The van der Waals surface area contributed by atoms with E-state index in [1.165, 1.54) is 25.3 Å². The summed E-state index contributed by atoms with van der Waals surface area (Å²) in [7, 11) is 1.43. The second kappa shape index (κ2) is 5.80. The fourth-order valence-corrected chi connectivity index (χ4v) is 4.15. The number of carbonyl (C=O) groups is 1. The highest BCUT2D eigenvalue weighted by atomic mass is 19.1. The van der Waals surface area contributed by atoms with Gasteiger partial charge in [0.15, 0.2) is 11.5 Å². The number of carbonyl (C=O) groups excluding carboxylic acids is 1. The number of halogens is 1. The molecule has 0 radical (unpaired) electrons. The molecular formula is C21H17FO6. The third kappa shape index (κ3) is 2.00. The van der Waals surface area contributed by atoms with Crippen molar-refractivity contribution in [2.75, 3.05) is 20.5 Å². The monoisotopic (exact) mass is 384 g/mol. The number of fused-ring (bicyclic) bond motifs is 2. The van der Waals surface area contributed by atoms with Gasteiger partial charge in [0.05, 0.1) is 12.2 Å². The zero-order valence-corrected chi connectivity index (χ0v) is 15.3. The van der Waals surface area contributed by atoms with Crippen LogP contribution in [0.1, 0.15) is 22.8 Å². The maximum atomic E-state index is 13.9. The van der Waals surface area contributed by atoms with Gasteiger partial charge >= 0.3 is 0 Å². The van der Waals surface area contributed by atoms with Gasteiger partial charge in [-0.05, 0) is 42.8 Å². The highest BCUT2D eigenvalue weighted by Gasteiger charge is 2.67. The molecule has 6 nitrogen and oxygen atoms in total. The standard InChI is InChI=1S/C21H17FO6/c1-12-7-8-27-20(12)19(23)15-5-4-14(22)10-17(15)28-21(20,24-2)13-3-6-16-18(9-13)26-11-25-16/h3-7,9-10H,8,11H2,1-2H3. The molecule has 2 aromatic carbocycles. The smallest absolute Gasteiger partial charge is 0.278 e. The first-order valence-electron chi connectivity index (χ1n) is 8.82. The molecule has 144 valence electrons. The quantitative estimate of drug-likeness (QED) is 0.740. The summed E-state index contributed by atoms with van der Waals surface area (Å²) < 4.78 is 42.9. The Morgan fingerprint density at radius 1 is 1.07 bits per heavy atom. The average molecular weight is 384 g/mol. The van der Waals surface area contributed by atoms with Crippen molar-refractivity contribution in [3.63, 3.8) is 0 Å². The van der Waals surface area contributed by atoms with E-state index in [0.29, 0.717) is 22.6 Å². The first-order valence-corrected chi connectivity index (χ1v) is 8.82. The Hall–Kier alpha value is -2.90. The lowest BCUT2D eigenvalue weighted by Crippen LogP contribution is -2.64. The second-order valence-corrected chi connectivity index (χ2v) is 6.84. The number of ketones is 1. The maximum absolute atomic E-state index is 13.9. The lowest BCUT2D eigenvalue weighted by atomic mass is 9.74. The molecule has 3 aliphatic heterocycles. The van der Waals surface area contributed by atoms with E-state index in [2.05, 4.69) is 0 Å². The number of ether oxygens (including phenoxy) is 5. The van der Waals surface area contributed by atoms with Crippen LogP contribution in [-0.2, 0) is 15.3 Å². The zero-order valence-electron chi connectivity index (χ0n) is 15.3. The van der Waals surface area contributed by atoms with Crippen LogP contribution < -0.4 is 14.2 Å². The lowest BCUT2D eigenvalue weighted by molar-refractivity contribution is -0.260. The Balaban J connectivity index is 1.79. The van der Waals surface area contributed by atoms with Crippen LogP contribution in [0.2, 0.25) is 0 Å². The van der Waals surface area contributed by atoms with Gasteiger partial charge in [0, 0.05) is 18.7 Å². The van der Waals surface area contributed by atoms with Crippen LogP contribution in [0.3, 0.4) is 0 Å².